The standard InChI is InChI=1S/C12H26N2O/c1-5-10(9-15-4)13-11-6-7-12(8-11)14(2)3/h10-13H,5-9H2,1-4H3. The Hall–Kier alpha value is -0.120. The molecule has 0 amide bonds. The third-order valence-electron chi connectivity index (χ3n) is 3.47. The average molecular weight is 214 g/mol. The van der Waals surface area contributed by atoms with Crippen LogP contribution in [0.5, 0.6) is 0 Å². The molecule has 1 aliphatic rings. The maximum Gasteiger partial charge on any atom is 0.0615 e. The van der Waals surface area contributed by atoms with E-state index >= 15 is 0 Å². The smallest absolute Gasteiger partial charge is 0.0615 e. The van der Waals surface area contributed by atoms with Crippen LogP contribution in [0.1, 0.15) is 32.6 Å². The molecule has 0 aromatic rings. The minimum atomic E-state index is 0.529. The van der Waals surface area contributed by atoms with Gasteiger partial charge in [-0.25, -0.2) is 0 Å². The molecule has 0 aliphatic heterocycles. The molecule has 0 saturated heterocycles. The SMILES string of the molecule is CCC(COC)NC1CCC(N(C)C)C1. The van der Waals surface area contributed by atoms with Crippen LogP contribution in [-0.4, -0.2) is 50.8 Å². The molecule has 1 aliphatic carbocycles. The van der Waals surface area contributed by atoms with Gasteiger partial charge in [-0.15, -0.1) is 0 Å². The van der Waals surface area contributed by atoms with Crippen LogP contribution in [-0.2, 0) is 4.74 Å². The second kappa shape index (κ2) is 6.46. The molecular weight excluding hydrogens is 188 g/mol. The number of methoxy groups -OCH3 is 1. The molecule has 0 spiro atoms. The number of rotatable bonds is 6. The van der Waals surface area contributed by atoms with E-state index in [0.29, 0.717) is 12.1 Å². The lowest BCUT2D eigenvalue weighted by Gasteiger charge is -2.23. The molecule has 3 unspecified atom stereocenters. The normalized spacial score (nSPS) is 28.6. The van der Waals surface area contributed by atoms with Crippen molar-refractivity contribution < 1.29 is 4.74 Å². The molecule has 90 valence electrons. The van der Waals surface area contributed by atoms with Crippen molar-refractivity contribution in [1.82, 2.24) is 10.2 Å². The van der Waals surface area contributed by atoms with Gasteiger partial charge in [0.25, 0.3) is 0 Å². The zero-order chi connectivity index (χ0) is 11.3. The molecule has 0 bridgehead atoms. The van der Waals surface area contributed by atoms with Crippen molar-refractivity contribution in [3.8, 4) is 0 Å². The maximum absolute atomic E-state index is 5.21. The summed E-state index contributed by atoms with van der Waals surface area (Å²) in [6, 6.07) is 1.99. The summed E-state index contributed by atoms with van der Waals surface area (Å²) in [5, 5.41) is 3.70. The van der Waals surface area contributed by atoms with E-state index in [9.17, 15) is 0 Å². The van der Waals surface area contributed by atoms with E-state index in [4.69, 9.17) is 4.74 Å². The molecule has 1 rings (SSSR count). The average Bonchev–Trinajstić information content (AvgIpc) is 2.65. The number of nitrogens with zero attached hydrogens (tertiary/aromatic N) is 1. The summed E-state index contributed by atoms with van der Waals surface area (Å²) >= 11 is 0. The van der Waals surface area contributed by atoms with Crippen molar-refractivity contribution in [3.63, 3.8) is 0 Å². The Bertz CT molecular complexity index is 173. The molecule has 15 heavy (non-hydrogen) atoms. The van der Waals surface area contributed by atoms with Crippen LogP contribution >= 0.6 is 0 Å². The summed E-state index contributed by atoms with van der Waals surface area (Å²) < 4.78 is 5.21. The summed E-state index contributed by atoms with van der Waals surface area (Å²) in [4.78, 5) is 2.35. The molecule has 1 fully saturated rings. The number of ether oxygens (including phenoxy) is 1. The van der Waals surface area contributed by atoms with Crippen molar-refractivity contribution in [2.45, 2.75) is 50.7 Å². The predicted molar refractivity (Wildman–Crippen MR) is 64.2 cm³/mol. The minimum Gasteiger partial charge on any atom is -0.383 e. The van der Waals surface area contributed by atoms with Gasteiger partial charge < -0.3 is 15.0 Å². The molecule has 3 heteroatoms. The molecule has 0 heterocycles. The first-order valence-corrected chi connectivity index (χ1v) is 6.08. The first-order chi connectivity index (χ1) is 7.17. The number of nitrogens with one attached hydrogen (secondary N) is 1. The molecule has 0 radical (unpaired) electrons. The van der Waals surface area contributed by atoms with Crippen LogP contribution in [0.4, 0.5) is 0 Å². The molecule has 0 aromatic carbocycles. The van der Waals surface area contributed by atoms with Crippen molar-refractivity contribution in [3.05, 3.63) is 0 Å². The molecule has 0 aromatic heterocycles. The second-order valence-corrected chi connectivity index (χ2v) is 4.85. The topological polar surface area (TPSA) is 24.5 Å². The number of hydrogen-bond acceptors (Lipinski definition) is 3. The summed E-state index contributed by atoms with van der Waals surface area (Å²) in [5.74, 6) is 0. The van der Waals surface area contributed by atoms with Crippen molar-refractivity contribution in [1.29, 1.82) is 0 Å². The highest BCUT2D eigenvalue weighted by atomic mass is 16.5. The third-order valence-corrected chi connectivity index (χ3v) is 3.47. The van der Waals surface area contributed by atoms with Crippen LogP contribution in [0.3, 0.4) is 0 Å². The highest BCUT2D eigenvalue weighted by molar-refractivity contribution is 4.86. The Morgan fingerprint density at radius 1 is 1.40 bits per heavy atom. The van der Waals surface area contributed by atoms with Crippen molar-refractivity contribution in [2.75, 3.05) is 27.8 Å². The van der Waals surface area contributed by atoms with Crippen LogP contribution < -0.4 is 5.32 Å². The fraction of sp³-hybridized carbons (Fsp3) is 1.00. The van der Waals surface area contributed by atoms with Gasteiger partial charge in [-0.05, 0) is 39.8 Å². The van der Waals surface area contributed by atoms with Crippen molar-refractivity contribution in [2.24, 2.45) is 0 Å². The first kappa shape index (κ1) is 12.9. The largest absolute Gasteiger partial charge is 0.383 e. The van der Waals surface area contributed by atoms with Gasteiger partial charge in [0.1, 0.15) is 0 Å². The van der Waals surface area contributed by atoms with Gasteiger partial charge in [-0.3, -0.25) is 0 Å². The maximum atomic E-state index is 5.21. The lowest BCUT2D eigenvalue weighted by molar-refractivity contribution is 0.157. The van der Waals surface area contributed by atoms with Crippen LogP contribution in [0, 0.1) is 0 Å². The third kappa shape index (κ3) is 4.09. The Balaban J connectivity index is 2.27. The van der Waals surface area contributed by atoms with Gasteiger partial charge >= 0.3 is 0 Å². The summed E-state index contributed by atoms with van der Waals surface area (Å²) in [5.41, 5.74) is 0. The van der Waals surface area contributed by atoms with Crippen molar-refractivity contribution >= 4 is 0 Å². The van der Waals surface area contributed by atoms with E-state index in [1.54, 1.807) is 7.11 Å². The minimum absolute atomic E-state index is 0.529. The van der Waals surface area contributed by atoms with Gasteiger partial charge in [-0.1, -0.05) is 6.92 Å². The summed E-state index contributed by atoms with van der Waals surface area (Å²) in [7, 11) is 6.14. The van der Waals surface area contributed by atoms with E-state index in [1.807, 2.05) is 0 Å². The molecule has 3 nitrogen and oxygen atoms in total. The lowest BCUT2D eigenvalue weighted by Crippen LogP contribution is -2.40. The fourth-order valence-corrected chi connectivity index (χ4v) is 2.40. The van der Waals surface area contributed by atoms with Crippen LogP contribution in [0.15, 0.2) is 0 Å². The van der Waals surface area contributed by atoms with Crippen LogP contribution in [0.2, 0.25) is 0 Å². The first-order valence-electron chi connectivity index (χ1n) is 6.08. The summed E-state index contributed by atoms with van der Waals surface area (Å²) in [6.45, 7) is 3.05. The van der Waals surface area contributed by atoms with Gasteiger partial charge in [-0.2, -0.15) is 0 Å². The molecule has 1 N–H and O–H groups in total. The fourth-order valence-electron chi connectivity index (χ4n) is 2.40. The molecule has 1 saturated carbocycles. The Morgan fingerprint density at radius 3 is 2.60 bits per heavy atom. The van der Waals surface area contributed by atoms with Gasteiger partial charge in [0.15, 0.2) is 0 Å². The zero-order valence-corrected chi connectivity index (χ0v) is 10.6. The monoisotopic (exact) mass is 214 g/mol. The van der Waals surface area contributed by atoms with E-state index in [0.717, 1.165) is 19.1 Å². The zero-order valence-electron chi connectivity index (χ0n) is 10.6. The van der Waals surface area contributed by atoms with Gasteiger partial charge in [0.2, 0.25) is 0 Å². The van der Waals surface area contributed by atoms with E-state index < -0.39 is 0 Å². The van der Waals surface area contributed by atoms with Crippen LogP contribution in [0.25, 0.3) is 0 Å². The van der Waals surface area contributed by atoms with Gasteiger partial charge in [0, 0.05) is 25.2 Å². The highest BCUT2D eigenvalue weighted by Gasteiger charge is 2.26. The van der Waals surface area contributed by atoms with E-state index in [-0.39, 0.29) is 0 Å². The van der Waals surface area contributed by atoms with E-state index in [1.165, 1.54) is 19.3 Å². The Labute approximate surface area is 94.2 Å². The molecule has 3 atom stereocenters. The van der Waals surface area contributed by atoms with E-state index in [2.05, 4.69) is 31.2 Å². The second-order valence-electron chi connectivity index (χ2n) is 4.85. The Kier molecular flexibility index (Phi) is 5.58. The Morgan fingerprint density at radius 2 is 2.13 bits per heavy atom. The molecular formula is C12H26N2O. The summed E-state index contributed by atoms with van der Waals surface area (Å²) in [6.07, 6.45) is 5.07. The number of hydrogen-bond donors (Lipinski definition) is 1. The predicted octanol–water partition coefficient (Wildman–Crippen LogP) is 1.48. The highest BCUT2D eigenvalue weighted by Crippen LogP contribution is 2.22. The lowest BCUT2D eigenvalue weighted by atomic mass is 10.1. The van der Waals surface area contributed by atoms with Gasteiger partial charge in [0.05, 0.1) is 6.61 Å². The quantitative estimate of drug-likeness (QED) is 0.725.